The summed E-state index contributed by atoms with van der Waals surface area (Å²) < 4.78 is 7.06. The van der Waals surface area contributed by atoms with Crippen LogP contribution in [-0.2, 0) is 9.59 Å². The summed E-state index contributed by atoms with van der Waals surface area (Å²) >= 11 is 0. The second kappa shape index (κ2) is 9.93. The Hall–Kier alpha value is -3.61. The number of para-hydroxylation sites is 1. The summed E-state index contributed by atoms with van der Waals surface area (Å²) in [5, 5.41) is 2.87. The number of carbonyl (C=O) groups excluding carboxylic acids is 2. The van der Waals surface area contributed by atoms with E-state index in [2.05, 4.69) is 10.3 Å². The molecule has 7 nitrogen and oxygen atoms in total. The Labute approximate surface area is 182 Å². The summed E-state index contributed by atoms with van der Waals surface area (Å²) in [4.78, 5) is 30.9. The first-order valence-electron chi connectivity index (χ1n) is 10.2. The Morgan fingerprint density at radius 2 is 1.77 bits per heavy atom. The second-order valence-electron chi connectivity index (χ2n) is 7.73. The van der Waals surface area contributed by atoms with E-state index in [1.54, 1.807) is 12.0 Å². The molecule has 31 heavy (non-hydrogen) atoms. The van der Waals surface area contributed by atoms with E-state index in [0.717, 1.165) is 17.0 Å². The number of carbonyl (C=O) groups is 2. The van der Waals surface area contributed by atoms with E-state index in [1.807, 2.05) is 79.2 Å². The molecule has 0 spiro atoms. The van der Waals surface area contributed by atoms with Crippen LogP contribution in [0.5, 0.6) is 5.75 Å². The van der Waals surface area contributed by atoms with Crippen molar-refractivity contribution in [1.29, 1.82) is 0 Å². The predicted molar refractivity (Wildman–Crippen MR) is 121 cm³/mol. The summed E-state index contributed by atoms with van der Waals surface area (Å²) in [5.41, 5.74) is 2.49. The van der Waals surface area contributed by atoms with Crippen molar-refractivity contribution >= 4 is 17.8 Å². The minimum Gasteiger partial charge on any atom is -0.497 e. The average Bonchev–Trinajstić information content (AvgIpc) is 3.17. The van der Waals surface area contributed by atoms with Crippen molar-refractivity contribution in [2.45, 2.75) is 20.8 Å². The molecule has 1 N–H and O–H groups in total. The molecule has 0 aliphatic carbocycles. The first-order chi connectivity index (χ1) is 14.9. The van der Waals surface area contributed by atoms with Crippen LogP contribution >= 0.6 is 0 Å². The summed E-state index contributed by atoms with van der Waals surface area (Å²) in [6.07, 6.45) is 1.88. The minimum absolute atomic E-state index is 0.0208. The SMILES string of the molecule is COc1ccc(-c2cn(-c3ccccc3)c(NC(=O)CN(CC(C)C)C(C)=O)n2)cc1. The molecule has 0 unspecified atom stereocenters. The van der Waals surface area contributed by atoms with E-state index in [0.29, 0.717) is 18.2 Å². The fourth-order valence-electron chi connectivity index (χ4n) is 3.24. The highest BCUT2D eigenvalue weighted by atomic mass is 16.5. The molecule has 3 rings (SSSR count). The topological polar surface area (TPSA) is 76.5 Å². The van der Waals surface area contributed by atoms with Crippen LogP contribution in [0.15, 0.2) is 60.8 Å². The van der Waals surface area contributed by atoms with Gasteiger partial charge in [0.05, 0.1) is 19.3 Å². The number of rotatable bonds is 8. The van der Waals surface area contributed by atoms with Crippen molar-refractivity contribution in [2.24, 2.45) is 5.92 Å². The van der Waals surface area contributed by atoms with E-state index in [-0.39, 0.29) is 24.3 Å². The van der Waals surface area contributed by atoms with Crippen LogP contribution in [0, 0.1) is 5.92 Å². The Bertz CT molecular complexity index is 1030. The molecule has 1 heterocycles. The first kappa shape index (κ1) is 22.1. The standard InChI is InChI=1S/C24H28N4O3/c1-17(2)14-27(18(3)29)16-23(30)26-24-25-22(19-10-12-21(31-4)13-11-19)15-28(24)20-8-6-5-7-9-20/h5-13,15,17H,14,16H2,1-4H3,(H,25,26,30). The lowest BCUT2D eigenvalue weighted by Gasteiger charge is -2.22. The highest BCUT2D eigenvalue weighted by Gasteiger charge is 2.18. The van der Waals surface area contributed by atoms with E-state index in [9.17, 15) is 9.59 Å². The molecule has 0 aliphatic rings. The molecule has 0 bridgehead atoms. The predicted octanol–water partition coefficient (Wildman–Crippen LogP) is 3.99. The van der Waals surface area contributed by atoms with Gasteiger partial charge in [-0.1, -0.05) is 32.0 Å². The van der Waals surface area contributed by atoms with Crippen LogP contribution in [0.3, 0.4) is 0 Å². The third-order valence-corrected chi connectivity index (χ3v) is 4.74. The van der Waals surface area contributed by atoms with Crippen LogP contribution in [-0.4, -0.2) is 46.5 Å². The molecule has 0 atom stereocenters. The van der Waals surface area contributed by atoms with Crippen LogP contribution in [0.1, 0.15) is 20.8 Å². The third kappa shape index (κ3) is 5.72. The number of ether oxygens (including phenoxy) is 1. The minimum atomic E-state index is -0.292. The molecule has 2 aromatic carbocycles. The zero-order chi connectivity index (χ0) is 22.4. The van der Waals surface area contributed by atoms with E-state index in [4.69, 9.17) is 4.74 Å². The number of hydrogen-bond donors (Lipinski definition) is 1. The molecule has 162 valence electrons. The summed E-state index contributed by atoms with van der Waals surface area (Å²) in [6.45, 7) is 6.00. The smallest absolute Gasteiger partial charge is 0.246 e. The Morgan fingerprint density at radius 1 is 1.10 bits per heavy atom. The highest BCUT2D eigenvalue weighted by Crippen LogP contribution is 2.26. The Morgan fingerprint density at radius 3 is 2.35 bits per heavy atom. The normalized spacial score (nSPS) is 10.7. The number of hydrogen-bond acceptors (Lipinski definition) is 4. The molecule has 2 amide bonds. The fourth-order valence-corrected chi connectivity index (χ4v) is 3.24. The van der Waals surface area contributed by atoms with Crippen LogP contribution < -0.4 is 10.1 Å². The van der Waals surface area contributed by atoms with E-state index < -0.39 is 0 Å². The molecule has 3 aromatic rings. The van der Waals surface area contributed by atoms with Crippen LogP contribution in [0.25, 0.3) is 16.9 Å². The monoisotopic (exact) mass is 420 g/mol. The number of benzene rings is 2. The van der Waals surface area contributed by atoms with Gasteiger partial charge in [-0.3, -0.25) is 19.5 Å². The maximum absolute atomic E-state index is 12.7. The van der Waals surface area contributed by atoms with Crippen molar-refractivity contribution in [3.63, 3.8) is 0 Å². The number of nitrogens with one attached hydrogen (secondary N) is 1. The molecule has 0 aliphatic heterocycles. The number of nitrogens with zero attached hydrogens (tertiary/aromatic N) is 3. The Balaban J connectivity index is 1.89. The van der Waals surface area contributed by atoms with Crippen LogP contribution in [0.2, 0.25) is 0 Å². The van der Waals surface area contributed by atoms with Gasteiger partial charge >= 0.3 is 0 Å². The molecule has 0 saturated heterocycles. The zero-order valence-corrected chi connectivity index (χ0v) is 18.3. The van der Waals surface area contributed by atoms with Gasteiger partial charge in [0.25, 0.3) is 0 Å². The molecular formula is C24H28N4O3. The van der Waals surface area contributed by atoms with Gasteiger partial charge < -0.3 is 9.64 Å². The lowest BCUT2D eigenvalue weighted by Crippen LogP contribution is -2.39. The quantitative estimate of drug-likeness (QED) is 0.598. The van der Waals surface area contributed by atoms with Gasteiger partial charge in [0.2, 0.25) is 17.8 Å². The van der Waals surface area contributed by atoms with Gasteiger partial charge in [0.1, 0.15) is 5.75 Å². The Kier molecular flexibility index (Phi) is 7.07. The molecule has 0 fully saturated rings. The molecule has 7 heteroatoms. The number of methoxy groups -OCH3 is 1. The molecule has 0 radical (unpaired) electrons. The highest BCUT2D eigenvalue weighted by molar-refractivity contribution is 5.93. The number of aromatic nitrogens is 2. The molecular weight excluding hydrogens is 392 g/mol. The lowest BCUT2D eigenvalue weighted by molar-refractivity contribution is -0.133. The number of anilines is 1. The van der Waals surface area contributed by atoms with Crippen molar-refractivity contribution in [3.8, 4) is 22.7 Å². The second-order valence-corrected chi connectivity index (χ2v) is 7.73. The van der Waals surface area contributed by atoms with Gasteiger partial charge in [-0.25, -0.2) is 4.98 Å². The summed E-state index contributed by atoms with van der Waals surface area (Å²) in [5.74, 6) is 1.00. The van der Waals surface area contributed by atoms with Crippen molar-refractivity contribution < 1.29 is 14.3 Å². The third-order valence-electron chi connectivity index (χ3n) is 4.74. The average molecular weight is 421 g/mol. The van der Waals surface area contributed by atoms with E-state index in [1.165, 1.54) is 6.92 Å². The molecule has 0 saturated carbocycles. The maximum atomic E-state index is 12.7. The maximum Gasteiger partial charge on any atom is 0.246 e. The lowest BCUT2D eigenvalue weighted by atomic mass is 10.1. The number of amides is 2. The van der Waals surface area contributed by atoms with Gasteiger partial charge in [-0.2, -0.15) is 0 Å². The van der Waals surface area contributed by atoms with Crippen molar-refractivity contribution in [2.75, 3.05) is 25.5 Å². The first-order valence-corrected chi connectivity index (χ1v) is 10.2. The van der Waals surface area contributed by atoms with Gasteiger partial charge in [0.15, 0.2) is 0 Å². The fraction of sp³-hybridized carbons (Fsp3) is 0.292. The molecule has 1 aromatic heterocycles. The van der Waals surface area contributed by atoms with Gasteiger partial charge in [0, 0.05) is 30.9 Å². The summed E-state index contributed by atoms with van der Waals surface area (Å²) in [6, 6.07) is 17.2. The van der Waals surface area contributed by atoms with Gasteiger partial charge in [-0.05, 0) is 42.3 Å². The van der Waals surface area contributed by atoms with Crippen LogP contribution in [0.4, 0.5) is 5.95 Å². The number of imidazole rings is 1. The summed E-state index contributed by atoms with van der Waals surface area (Å²) in [7, 11) is 1.62. The van der Waals surface area contributed by atoms with E-state index >= 15 is 0 Å². The van der Waals surface area contributed by atoms with Crippen molar-refractivity contribution in [3.05, 3.63) is 60.8 Å². The van der Waals surface area contributed by atoms with Crippen molar-refractivity contribution in [1.82, 2.24) is 14.5 Å². The zero-order valence-electron chi connectivity index (χ0n) is 18.3. The largest absolute Gasteiger partial charge is 0.497 e. The van der Waals surface area contributed by atoms with Gasteiger partial charge in [-0.15, -0.1) is 0 Å².